The lowest BCUT2D eigenvalue weighted by molar-refractivity contribution is -0.134. The summed E-state index contributed by atoms with van der Waals surface area (Å²) in [7, 11) is 0. The number of nitrogens with two attached hydrogens (primary N) is 3. The van der Waals surface area contributed by atoms with Crippen molar-refractivity contribution in [1.82, 2.24) is 15.0 Å². The molecule has 17 heavy (non-hydrogen) atoms. The van der Waals surface area contributed by atoms with Crippen molar-refractivity contribution in [2.24, 2.45) is 0 Å². The third kappa shape index (κ3) is 8.11. The minimum absolute atomic E-state index is 0.0417. The zero-order valence-corrected chi connectivity index (χ0v) is 8.44. The van der Waals surface area contributed by atoms with E-state index < -0.39 is 11.9 Å². The summed E-state index contributed by atoms with van der Waals surface area (Å²) < 4.78 is 0. The highest BCUT2D eigenvalue weighted by Gasteiger charge is 1.93. The van der Waals surface area contributed by atoms with Crippen LogP contribution in [0.25, 0.3) is 0 Å². The number of aliphatic carboxylic acids is 2. The molecule has 0 fully saturated rings. The number of rotatable bonds is 2. The fourth-order valence-electron chi connectivity index (χ4n) is 0.570. The van der Waals surface area contributed by atoms with Gasteiger partial charge < -0.3 is 27.4 Å². The molecule has 92 valence electrons. The Balaban J connectivity index is 0.000000304. The fourth-order valence-corrected chi connectivity index (χ4v) is 0.570. The number of hydrogen-bond donors (Lipinski definition) is 5. The number of aromatic nitrogens is 3. The predicted molar refractivity (Wildman–Crippen MR) is 57.5 cm³/mol. The third-order valence-electron chi connectivity index (χ3n) is 1.06. The standard InChI is InChI=1S/C4H4O4.C3H6N6/c5-3(6)1-2-4(7)8;4-1-7-2(5)9-3(6)8-1/h1-2H,(H,5,6)(H,7,8);(H6,4,5,6,7,8,9). The van der Waals surface area contributed by atoms with E-state index in [1.165, 1.54) is 0 Å². The minimum atomic E-state index is -1.26. The Morgan fingerprint density at radius 1 is 0.824 bits per heavy atom. The zero-order valence-electron chi connectivity index (χ0n) is 8.44. The summed E-state index contributed by atoms with van der Waals surface area (Å²) in [5.74, 6) is -2.39. The monoisotopic (exact) mass is 242 g/mol. The van der Waals surface area contributed by atoms with Crippen molar-refractivity contribution >= 4 is 29.8 Å². The molecule has 8 N–H and O–H groups in total. The first-order chi connectivity index (χ1) is 7.81. The summed E-state index contributed by atoms with van der Waals surface area (Å²) in [6.45, 7) is 0. The van der Waals surface area contributed by atoms with Crippen molar-refractivity contribution in [2.75, 3.05) is 17.2 Å². The fraction of sp³-hybridized carbons (Fsp3) is 0. The maximum atomic E-state index is 9.55. The van der Waals surface area contributed by atoms with Gasteiger partial charge in [0.25, 0.3) is 0 Å². The highest BCUT2D eigenvalue weighted by Crippen LogP contribution is 1.97. The normalized spacial score (nSPS) is 9.41. The maximum absolute atomic E-state index is 9.55. The number of nitrogen functional groups attached to an aromatic ring is 3. The summed E-state index contributed by atoms with van der Waals surface area (Å²) in [5.41, 5.74) is 15.4. The SMILES string of the molecule is Nc1nc(N)nc(N)n1.O=C(O)C=CC(=O)O. The number of hydrogen-bond acceptors (Lipinski definition) is 8. The van der Waals surface area contributed by atoms with E-state index in [2.05, 4.69) is 15.0 Å². The van der Waals surface area contributed by atoms with Gasteiger partial charge in [0.05, 0.1) is 0 Å². The lowest BCUT2D eigenvalue weighted by Gasteiger charge is -1.93. The molecule has 0 bridgehead atoms. The van der Waals surface area contributed by atoms with Crippen LogP contribution in [0.5, 0.6) is 0 Å². The van der Waals surface area contributed by atoms with Gasteiger partial charge >= 0.3 is 11.9 Å². The van der Waals surface area contributed by atoms with Crippen molar-refractivity contribution in [3.05, 3.63) is 12.2 Å². The molecule has 10 nitrogen and oxygen atoms in total. The lowest BCUT2D eigenvalue weighted by Crippen LogP contribution is -2.05. The first-order valence-corrected chi connectivity index (χ1v) is 3.97. The summed E-state index contributed by atoms with van der Waals surface area (Å²) in [4.78, 5) is 29.6. The zero-order chi connectivity index (χ0) is 13.4. The molecule has 0 aliphatic rings. The largest absolute Gasteiger partial charge is 0.478 e. The van der Waals surface area contributed by atoms with Gasteiger partial charge in [-0.15, -0.1) is 0 Å². The van der Waals surface area contributed by atoms with Crippen LogP contribution >= 0.6 is 0 Å². The molecule has 1 aromatic heterocycles. The van der Waals surface area contributed by atoms with Crippen LogP contribution in [-0.4, -0.2) is 37.1 Å². The van der Waals surface area contributed by atoms with Gasteiger partial charge in [-0.1, -0.05) is 0 Å². The van der Waals surface area contributed by atoms with E-state index in [-0.39, 0.29) is 17.8 Å². The Kier molecular flexibility index (Phi) is 5.43. The molecule has 1 rings (SSSR count). The van der Waals surface area contributed by atoms with Gasteiger partial charge in [-0.05, 0) is 0 Å². The first kappa shape index (κ1) is 14.1. The highest BCUT2D eigenvalue weighted by molar-refractivity contribution is 5.89. The second-order valence-corrected chi connectivity index (χ2v) is 2.42. The Morgan fingerprint density at radius 2 is 1.06 bits per heavy atom. The minimum Gasteiger partial charge on any atom is -0.478 e. The molecule has 1 aromatic rings. The highest BCUT2D eigenvalue weighted by atomic mass is 16.4. The van der Waals surface area contributed by atoms with Crippen LogP contribution < -0.4 is 17.2 Å². The van der Waals surface area contributed by atoms with Gasteiger partial charge in [-0.2, -0.15) is 15.0 Å². The Hall–Kier alpha value is -2.91. The summed E-state index contributed by atoms with van der Waals surface area (Å²) in [6, 6.07) is 0. The van der Waals surface area contributed by atoms with Crippen LogP contribution in [0.4, 0.5) is 17.8 Å². The van der Waals surface area contributed by atoms with E-state index in [9.17, 15) is 9.59 Å². The van der Waals surface area contributed by atoms with Crippen LogP contribution in [0.3, 0.4) is 0 Å². The predicted octanol–water partition coefficient (Wildman–Crippen LogP) is -1.67. The van der Waals surface area contributed by atoms with E-state index in [1.54, 1.807) is 0 Å². The van der Waals surface area contributed by atoms with Crippen LogP contribution in [0, 0.1) is 0 Å². The van der Waals surface area contributed by atoms with Gasteiger partial charge in [-0.3, -0.25) is 0 Å². The third-order valence-corrected chi connectivity index (χ3v) is 1.06. The smallest absolute Gasteiger partial charge is 0.328 e. The van der Waals surface area contributed by atoms with E-state index in [1.807, 2.05) is 0 Å². The topological polar surface area (TPSA) is 191 Å². The summed E-state index contributed by atoms with van der Waals surface area (Å²) >= 11 is 0. The average Bonchev–Trinajstić information content (AvgIpc) is 2.13. The molecule has 0 unspecified atom stereocenters. The molecular formula is C7H10N6O4. The molecule has 0 saturated heterocycles. The van der Waals surface area contributed by atoms with E-state index in [0.717, 1.165) is 0 Å². The van der Waals surface area contributed by atoms with Gasteiger partial charge in [0.2, 0.25) is 17.8 Å². The van der Waals surface area contributed by atoms with Crippen molar-refractivity contribution < 1.29 is 19.8 Å². The Morgan fingerprint density at radius 3 is 1.24 bits per heavy atom. The van der Waals surface area contributed by atoms with Gasteiger partial charge in [0.15, 0.2) is 0 Å². The van der Waals surface area contributed by atoms with Crippen LogP contribution in [-0.2, 0) is 9.59 Å². The second kappa shape index (κ2) is 6.55. The van der Waals surface area contributed by atoms with Crippen molar-refractivity contribution in [2.45, 2.75) is 0 Å². The number of anilines is 3. The number of carboxylic acid groups (broad SMARTS) is 2. The first-order valence-electron chi connectivity index (χ1n) is 3.97. The molecule has 0 spiro atoms. The number of carbonyl (C=O) groups is 2. The lowest BCUT2D eigenvalue weighted by atomic mass is 10.5. The van der Waals surface area contributed by atoms with E-state index >= 15 is 0 Å². The number of carboxylic acids is 2. The van der Waals surface area contributed by atoms with Gasteiger partial charge in [0, 0.05) is 12.2 Å². The molecular weight excluding hydrogens is 232 g/mol. The Bertz CT molecular complexity index is 380. The number of nitrogens with zero attached hydrogens (tertiary/aromatic N) is 3. The van der Waals surface area contributed by atoms with Crippen LogP contribution in [0.15, 0.2) is 12.2 Å². The van der Waals surface area contributed by atoms with Gasteiger partial charge in [-0.25, -0.2) is 9.59 Å². The van der Waals surface area contributed by atoms with Crippen LogP contribution in [0.1, 0.15) is 0 Å². The van der Waals surface area contributed by atoms with E-state index in [0.29, 0.717) is 12.2 Å². The average molecular weight is 242 g/mol. The van der Waals surface area contributed by atoms with Crippen molar-refractivity contribution in [1.29, 1.82) is 0 Å². The van der Waals surface area contributed by atoms with Crippen molar-refractivity contribution in [3.8, 4) is 0 Å². The second-order valence-electron chi connectivity index (χ2n) is 2.42. The molecule has 0 aromatic carbocycles. The molecule has 0 amide bonds. The molecule has 0 radical (unpaired) electrons. The van der Waals surface area contributed by atoms with Gasteiger partial charge in [0.1, 0.15) is 0 Å². The molecule has 0 aliphatic carbocycles. The molecule has 1 heterocycles. The Labute approximate surface area is 94.8 Å². The summed E-state index contributed by atoms with van der Waals surface area (Å²) in [6.07, 6.45) is 1.12. The summed E-state index contributed by atoms with van der Waals surface area (Å²) in [5, 5.41) is 15.6. The molecule has 0 saturated carbocycles. The molecule has 0 atom stereocenters. The maximum Gasteiger partial charge on any atom is 0.328 e. The molecule has 10 heteroatoms. The molecule has 0 aliphatic heterocycles. The van der Waals surface area contributed by atoms with E-state index in [4.69, 9.17) is 27.4 Å². The van der Waals surface area contributed by atoms with Crippen LogP contribution in [0.2, 0.25) is 0 Å². The quantitative estimate of drug-likeness (QED) is 0.374. The van der Waals surface area contributed by atoms with Crippen molar-refractivity contribution in [3.63, 3.8) is 0 Å².